The predicted octanol–water partition coefficient (Wildman–Crippen LogP) is 1.68. The Morgan fingerprint density at radius 3 is 2.89 bits per heavy atom. The van der Waals surface area contributed by atoms with Gasteiger partial charge in [0.2, 0.25) is 0 Å². The molecule has 0 aromatic heterocycles. The van der Waals surface area contributed by atoms with Crippen LogP contribution < -0.4 is 15.8 Å². The third kappa shape index (κ3) is 3.38. The highest BCUT2D eigenvalue weighted by molar-refractivity contribution is 5.97. The summed E-state index contributed by atoms with van der Waals surface area (Å²) in [4.78, 5) is 0. The standard InChI is InChI=1S/C14H21N3O2/c1-19-13-6-5-11(14(15)17-18)7-12(13)9-16-8-10-3-2-4-10/h5-7,10,16,18H,2-4,8-9H2,1H3,(H2,15,17). The first-order valence-corrected chi connectivity index (χ1v) is 6.60. The van der Waals surface area contributed by atoms with E-state index in [9.17, 15) is 0 Å². The molecule has 0 amide bonds. The molecule has 0 bridgehead atoms. The smallest absolute Gasteiger partial charge is 0.170 e. The Labute approximate surface area is 113 Å². The fraction of sp³-hybridized carbons (Fsp3) is 0.500. The van der Waals surface area contributed by atoms with E-state index in [1.807, 2.05) is 12.1 Å². The van der Waals surface area contributed by atoms with Crippen molar-refractivity contribution in [3.05, 3.63) is 29.3 Å². The summed E-state index contributed by atoms with van der Waals surface area (Å²) in [5.74, 6) is 1.75. The second-order valence-corrected chi connectivity index (χ2v) is 4.94. The Morgan fingerprint density at radius 2 is 2.32 bits per heavy atom. The molecule has 1 saturated carbocycles. The molecule has 1 fully saturated rings. The molecule has 4 N–H and O–H groups in total. The van der Waals surface area contributed by atoms with Gasteiger partial charge in [-0.1, -0.05) is 11.6 Å². The average molecular weight is 263 g/mol. The number of benzene rings is 1. The molecular weight excluding hydrogens is 242 g/mol. The van der Waals surface area contributed by atoms with Crippen molar-refractivity contribution in [2.24, 2.45) is 16.8 Å². The van der Waals surface area contributed by atoms with Gasteiger partial charge >= 0.3 is 0 Å². The van der Waals surface area contributed by atoms with Crippen molar-refractivity contribution in [3.63, 3.8) is 0 Å². The van der Waals surface area contributed by atoms with Crippen molar-refractivity contribution in [2.45, 2.75) is 25.8 Å². The lowest BCUT2D eigenvalue weighted by molar-refractivity contribution is 0.300. The summed E-state index contributed by atoms with van der Waals surface area (Å²) in [6.07, 6.45) is 4.01. The van der Waals surface area contributed by atoms with Gasteiger partial charge in [0, 0.05) is 17.7 Å². The molecule has 1 aliphatic rings. The number of methoxy groups -OCH3 is 1. The Morgan fingerprint density at radius 1 is 1.53 bits per heavy atom. The Bertz CT molecular complexity index is 456. The molecule has 0 radical (unpaired) electrons. The zero-order valence-corrected chi connectivity index (χ0v) is 11.2. The SMILES string of the molecule is COc1ccc(/C(N)=N/O)cc1CNCC1CCC1. The molecule has 0 atom stereocenters. The van der Waals surface area contributed by atoms with E-state index in [1.165, 1.54) is 19.3 Å². The van der Waals surface area contributed by atoms with Gasteiger partial charge in [-0.25, -0.2) is 0 Å². The number of nitrogens with one attached hydrogen (secondary N) is 1. The van der Waals surface area contributed by atoms with Crippen LogP contribution in [-0.2, 0) is 6.54 Å². The molecule has 0 heterocycles. The molecule has 5 heteroatoms. The number of ether oxygens (including phenoxy) is 1. The lowest BCUT2D eigenvalue weighted by Gasteiger charge is -2.25. The number of hydrogen-bond donors (Lipinski definition) is 3. The lowest BCUT2D eigenvalue weighted by atomic mass is 9.85. The molecule has 0 aliphatic heterocycles. The van der Waals surface area contributed by atoms with Crippen LogP contribution in [0.3, 0.4) is 0 Å². The van der Waals surface area contributed by atoms with E-state index < -0.39 is 0 Å². The summed E-state index contributed by atoms with van der Waals surface area (Å²) in [7, 11) is 1.65. The molecule has 0 unspecified atom stereocenters. The van der Waals surface area contributed by atoms with Crippen LogP contribution in [0.15, 0.2) is 23.4 Å². The van der Waals surface area contributed by atoms with Crippen LogP contribution in [0.1, 0.15) is 30.4 Å². The molecule has 1 aromatic rings. The fourth-order valence-electron chi connectivity index (χ4n) is 2.24. The minimum Gasteiger partial charge on any atom is -0.496 e. The van der Waals surface area contributed by atoms with Crippen LogP contribution in [0.4, 0.5) is 0 Å². The van der Waals surface area contributed by atoms with Crippen LogP contribution in [-0.4, -0.2) is 24.7 Å². The summed E-state index contributed by atoms with van der Waals surface area (Å²) in [5.41, 5.74) is 7.32. The first-order chi connectivity index (χ1) is 9.24. The summed E-state index contributed by atoms with van der Waals surface area (Å²) < 4.78 is 5.33. The van der Waals surface area contributed by atoms with Crippen LogP contribution >= 0.6 is 0 Å². The van der Waals surface area contributed by atoms with E-state index in [4.69, 9.17) is 15.7 Å². The third-order valence-corrected chi connectivity index (χ3v) is 3.66. The fourth-order valence-corrected chi connectivity index (χ4v) is 2.24. The van der Waals surface area contributed by atoms with Crippen LogP contribution in [0, 0.1) is 5.92 Å². The van der Waals surface area contributed by atoms with Crippen molar-refractivity contribution in [1.29, 1.82) is 0 Å². The minimum atomic E-state index is 0.114. The molecule has 0 saturated heterocycles. The topological polar surface area (TPSA) is 79.9 Å². The zero-order valence-electron chi connectivity index (χ0n) is 11.2. The average Bonchev–Trinajstić information content (AvgIpc) is 2.40. The van der Waals surface area contributed by atoms with Gasteiger partial charge in [0.05, 0.1) is 7.11 Å². The van der Waals surface area contributed by atoms with E-state index in [-0.39, 0.29) is 5.84 Å². The third-order valence-electron chi connectivity index (χ3n) is 3.66. The van der Waals surface area contributed by atoms with E-state index in [0.29, 0.717) is 5.56 Å². The maximum Gasteiger partial charge on any atom is 0.170 e. The molecule has 19 heavy (non-hydrogen) atoms. The van der Waals surface area contributed by atoms with Gasteiger partial charge in [-0.2, -0.15) is 0 Å². The second-order valence-electron chi connectivity index (χ2n) is 4.94. The number of oxime groups is 1. The van der Waals surface area contributed by atoms with Gasteiger partial charge in [-0.05, 0) is 43.5 Å². The van der Waals surface area contributed by atoms with Gasteiger partial charge < -0.3 is 21.0 Å². The maximum absolute atomic E-state index is 8.71. The quantitative estimate of drug-likeness (QED) is 0.316. The van der Waals surface area contributed by atoms with Gasteiger partial charge in [0.1, 0.15) is 5.75 Å². The van der Waals surface area contributed by atoms with Crippen LogP contribution in [0.25, 0.3) is 0 Å². The summed E-state index contributed by atoms with van der Waals surface area (Å²) in [5, 5.41) is 15.2. The normalized spacial score (nSPS) is 16.2. The summed E-state index contributed by atoms with van der Waals surface area (Å²) in [6, 6.07) is 5.51. The van der Waals surface area contributed by atoms with E-state index in [1.54, 1.807) is 13.2 Å². The molecule has 104 valence electrons. The lowest BCUT2D eigenvalue weighted by Crippen LogP contribution is -2.27. The summed E-state index contributed by atoms with van der Waals surface area (Å²) in [6.45, 7) is 1.77. The minimum absolute atomic E-state index is 0.114. The molecule has 1 aliphatic carbocycles. The zero-order chi connectivity index (χ0) is 13.7. The number of amidine groups is 1. The number of hydrogen-bond acceptors (Lipinski definition) is 4. The van der Waals surface area contributed by atoms with Gasteiger partial charge in [-0.15, -0.1) is 0 Å². The highest BCUT2D eigenvalue weighted by Crippen LogP contribution is 2.25. The Hall–Kier alpha value is -1.75. The number of rotatable bonds is 6. The van der Waals surface area contributed by atoms with Crippen molar-refractivity contribution in [3.8, 4) is 5.75 Å². The van der Waals surface area contributed by atoms with Crippen LogP contribution in [0.5, 0.6) is 5.75 Å². The Kier molecular flexibility index (Phi) is 4.63. The highest BCUT2D eigenvalue weighted by atomic mass is 16.5. The van der Waals surface area contributed by atoms with Crippen LogP contribution in [0.2, 0.25) is 0 Å². The van der Waals surface area contributed by atoms with E-state index >= 15 is 0 Å². The molecule has 5 nitrogen and oxygen atoms in total. The van der Waals surface area contributed by atoms with E-state index in [2.05, 4.69) is 10.5 Å². The largest absolute Gasteiger partial charge is 0.496 e. The second kappa shape index (κ2) is 6.43. The first-order valence-electron chi connectivity index (χ1n) is 6.60. The molecule has 0 spiro atoms. The predicted molar refractivity (Wildman–Crippen MR) is 74.6 cm³/mol. The first kappa shape index (κ1) is 13.7. The van der Waals surface area contributed by atoms with Crippen molar-refractivity contribution in [2.75, 3.05) is 13.7 Å². The Balaban J connectivity index is 2.02. The van der Waals surface area contributed by atoms with Crippen molar-refractivity contribution < 1.29 is 9.94 Å². The van der Waals surface area contributed by atoms with Gasteiger partial charge in [0.15, 0.2) is 5.84 Å². The molecule has 2 rings (SSSR count). The van der Waals surface area contributed by atoms with E-state index in [0.717, 1.165) is 30.3 Å². The summed E-state index contributed by atoms with van der Waals surface area (Å²) >= 11 is 0. The van der Waals surface area contributed by atoms with Gasteiger partial charge in [-0.3, -0.25) is 0 Å². The van der Waals surface area contributed by atoms with Crippen molar-refractivity contribution in [1.82, 2.24) is 5.32 Å². The highest BCUT2D eigenvalue weighted by Gasteiger charge is 2.16. The number of nitrogens with zero attached hydrogens (tertiary/aromatic N) is 1. The molecular formula is C14H21N3O2. The van der Waals surface area contributed by atoms with Gasteiger partial charge in [0.25, 0.3) is 0 Å². The maximum atomic E-state index is 8.71. The van der Waals surface area contributed by atoms with Crippen molar-refractivity contribution >= 4 is 5.84 Å². The number of nitrogens with two attached hydrogens (primary N) is 1. The monoisotopic (exact) mass is 263 g/mol. The molecule has 1 aromatic carbocycles.